The molecule has 118 valence electrons. The number of benzene rings is 2. The Morgan fingerprint density at radius 3 is 2.52 bits per heavy atom. The number of sulfone groups is 1. The van der Waals surface area contributed by atoms with Crippen LogP contribution in [0.25, 0.3) is 6.08 Å². The second kappa shape index (κ2) is 6.67. The van der Waals surface area contributed by atoms with Crippen LogP contribution in [0.1, 0.15) is 5.56 Å². The molecule has 0 aliphatic carbocycles. The molecule has 2 aromatic rings. The van der Waals surface area contributed by atoms with Crippen LogP contribution in [0.4, 0.5) is 8.78 Å². The van der Waals surface area contributed by atoms with Crippen molar-refractivity contribution in [2.24, 2.45) is 0 Å². The van der Waals surface area contributed by atoms with E-state index in [2.05, 4.69) is 0 Å². The van der Waals surface area contributed by atoms with E-state index in [1.54, 1.807) is 0 Å². The lowest BCUT2D eigenvalue weighted by Gasteiger charge is -2.06. The molecule has 23 heavy (non-hydrogen) atoms. The van der Waals surface area contributed by atoms with Gasteiger partial charge in [0.25, 0.3) is 0 Å². The van der Waals surface area contributed by atoms with Crippen LogP contribution < -0.4 is 0 Å². The lowest BCUT2D eigenvalue weighted by molar-refractivity contribution is 0.507. The Bertz CT molecular complexity index is 950. The fourth-order valence-electron chi connectivity index (χ4n) is 1.74. The summed E-state index contributed by atoms with van der Waals surface area (Å²) >= 11 is 11.6. The molecule has 0 bridgehead atoms. The first-order valence-electron chi connectivity index (χ1n) is 6.03. The van der Waals surface area contributed by atoms with E-state index in [0.29, 0.717) is 0 Å². The quantitative estimate of drug-likeness (QED) is 0.738. The number of nitriles is 1. The third-order valence-electron chi connectivity index (χ3n) is 2.85. The first-order chi connectivity index (χ1) is 10.8. The van der Waals surface area contributed by atoms with Crippen LogP contribution in [0.3, 0.4) is 0 Å². The molecule has 3 nitrogen and oxygen atoms in total. The standard InChI is InChI=1S/C15H7Cl2F2NO2S/c16-10-4-5-12(17)14(7-10)23(21,22)11(8-20)6-9-2-1-3-13(18)15(9)19/h1-7H/b11-6-. The number of hydrogen-bond acceptors (Lipinski definition) is 3. The molecular formula is C15H7Cl2F2NO2S. The van der Waals surface area contributed by atoms with Crippen molar-refractivity contribution in [1.82, 2.24) is 0 Å². The van der Waals surface area contributed by atoms with Crippen LogP contribution in [0.2, 0.25) is 10.0 Å². The molecule has 0 N–H and O–H groups in total. The van der Waals surface area contributed by atoms with E-state index in [9.17, 15) is 17.2 Å². The van der Waals surface area contributed by atoms with Gasteiger partial charge in [-0.2, -0.15) is 5.26 Å². The molecule has 0 radical (unpaired) electrons. The van der Waals surface area contributed by atoms with Crippen LogP contribution in [-0.4, -0.2) is 8.42 Å². The van der Waals surface area contributed by atoms with Crippen molar-refractivity contribution in [1.29, 1.82) is 5.26 Å². The highest BCUT2D eigenvalue weighted by Gasteiger charge is 2.24. The van der Waals surface area contributed by atoms with Crippen LogP contribution in [0.5, 0.6) is 0 Å². The maximum Gasteiger partial charge on any atom is 0.218 e. The monoisotopic (exact) mass is 373 g/mol. The van der Waals surface area contributed by atoms with E-state index in [1.165, 1.54) is 24.3 Å². The minimum Gasteiger partial charge on any atom is -0.218 e. The summed E-state index contributed by atoms with van der Waals surface area (Å²) in [5.74, 6) is -2.41. The van der Waals surface area contributed by atoms with Gasteiger partial charge in [-0.3, -0.25) is 0 Å². The Labute approximate surface area is 141 Å². The highest BCUT2D eigenvalue weighted by atomic mass is 35.5. The third-order valence-corrected chi connectivity index (χ3v) is 5.23. The van der Waals surface area contributed by atoms with Crippen LogP contribution in [-0.2, 0) is 9.84 Å². The summed E-state index contributed by atoms with van der Waals surface area (Å²) in [6.45, 7) is 0. The molecule has 0 fully saturated rings. The van der Waals surface area contributed by atoms with Crippen molar-refractivity contribution >= 4 is 39.1 Å². The van der Waals surface area contributed by atoms with E-state index in [-0.39, 0.29) is 15.6 Å². The average molecular weight is 374 g/mol. The fraction of sp³-hybridized carbons (Fsp3) is 0. The van der Waals surface area contributed by atoms with Gasteiger partial charge in [-0.25, -0.2) is 17.2 Å². The normalized spacial score (nSPS) is 12.0. The van der Waals surface area contributed by atoms with Crippen molar-refractivity contribution in [2.75, 3.05) is 0 Å². The van der Waals surface area contributed by atoms with Gasteiger partial charge in [0.15, 0.2) is 11.6 Å². The fourth-order valence-corrected chi connectivity index (χ4v) is 3.65. The topological polar surface area (TPSA) is 57.9 Å². The van der Waals surface area contributed by atoms with Gasteiger partial charge in [0.1, 0.15) is 11.0 Å². The molecule has 2 aromatic carbocycles. The lowest BCUT2D eigenvalue weighted by atomic mass is 10.2. The molecule has 0 unspecified atom stereocenters. The maximum absolute atomic E-state index is 13.7. The van der Waals surface area contributed by atoms with Crippen molar-refractivity contribution in [3.05, 3.63) is 68.5 Å². The molecule has 0 spiro atoms. The zero-order valence-corrected chi connectivity index (χ0v) is 13.6. The SMILES string of the molecule is N#C/C(=C/c1cccc(F)c1F)S(=O)(=O)c1cc(Cl)ccc1Cl. The van der Waals surface area contributed by atoms with Gasteiger partial charge < -0.3 is 0 Å². The summed E-state index contributed by atoms with van der Waals surface area (Å²) < 4.78 is 51.8. The highest BCUT2D eigenvalue weighted by molar-refractivity contribution is 7.95. The summed E-state index contributed by atoms with van der Waals surface area (Å²) in [6.07, 6.45) is 0.741. The Kier molecular flexibility index (Phi) is 5.05. The maximum atomic E-state index is 13.7. The van der Waals surface area contributed by atoms with Crippen molar-refractivity contribution < 1.29 is 17.2 Å². The molecule has 0 aliphatic heterocycles. The van der Waals surface area contributed by atoms with Gasteiger partial charge in [0.05, 0.1) is 9.92 Å². The zero-order valence-electron chi connectivity index (χ0n) is 11.2. The predicted octanol–water partition coefficient (Wildman–Crippen LogP) is 4.61. The third kappa shape index (κ3) is 3.53. The van der Waals surface area contributed by atoms with Gasteiger partial charge in [-0.15, -0.1) is 0 Å². The first-order valence-corrected chi connectivity index (χ1v) is 8.27. The lowest BCUT2D eigenvalue weighted by Crippen LogP contribution is -2.05. The van der Waals surface area contributed by atoms with E-state index in [0.717, 1.165) is 24.3 Å². The van der Waals surface area contributed by atoms with Gasteiger partial charge in [-0.1, -0.05) is 35.3 Å². The first kappa shape index (κ1) is 17.4. The molecule has 0 saturated heterocycles. The minimum absolute atomic E-state index is 0.0993. The van der Waals surface area contributed by atoms with Crippen LogP contribution in [0, 0.1) is 23.0 Å². The summed E-state index contributed by atoms with van der Waals surface area (Å²) in [7, 11) is -4.34. The van der Waals surface area contributed by atoms with Crippen LogP contribution in [0.15, 0.2) is 46.2 Å². The Balaban J connectivity index is 2.65. The van der Waals surface area contributed by atoms with E-state index in [4.69, 9.17) is 28.5 Å². The molecule has 0 amide bonds. The predicted molar refractivity (Wildman–Crippen MR) is 83.6 cm³/mol. The summed E-state index contributed by atoms with van der Waals surface area (Å²) in [6, 6.07) is 8.39. The zero-order chi connectivity index (χ0) is 17.2. The van der Waals surface area contributed by atoms with E-state index in [1.807, 2.05) is 0 Å². The van der Waals surface area contributed by atoms with Gasteiger partial charge >= 0.3 is 0 Å². The number of rotatable bonds is 3. The number of nitrogens with zero attached hydrogens (tertiary/aromatic N) is 1. The Morgan fingerprint density at radius 1 is 1.17 bits per heavy atom. The summed E-state index contributed by atoms with van der Waals surface area (Å²) in [5, 5.41) is 9.07. The smallest absolute Gasteiger partial charge is 0.218 e. The summed E-state index contributed by atoms with van der Waals surface area (Å²) in [4.78, 5) is -1.18. The highest BCUT2D eigenvalue weighted by Crippen LogP contribution is 2.30. The number of allylic oxidation sites excluding steroid dienone is 1. The second-order valence-electron chi connectivity index (χ2n) is 4.34. The Hall–Kier alpha value is -1.94. The van der Waals surface area contributed by atoms with Crippen LogP contribution >= 0.6 is 23.2 Å². The van der Waals surface area contributed by atoms with E-state index < -0.39 is 31.3 Å². The average Bonchev–Trinajstić information content (AvgIpc) is 2.50. The molecule has 0 aromatic heterocycles. The number of halogens is 4. The largest absolute Gasteiger partial charge is 0.218 e. The molecule has 0 heterocycles. The molecule has 2 rings (SSSR count). The van der Waals surface area contributed by atoms with Gasteiger partial charge in [0, 0.05) is 10.6 Å². The molecule has 0 saturated carbocycles. The second-order valence-corrected chi connectivity index (χ2v) is 7.07. The molecule has 0 atom stereocenters. The van der Waals surface area contributed by atoms with Crippen molar-refractivity contribution in [3.63, 3.8) is 0 Å². The van der Waals surface area contributed by atoms with Gasteiger partial charge in [0.2, 0.25) is 9.84 Å². The molecule has 8 heteroatoms. The van der Waals surface area contributed by atoms with Gasteiger partial charge in [-0.05, 0) is 30.3 Å². The van der Waals surface area contributed by atoms with E-state index >= 15 is 0 Å². The van der Waals surface area contributed by atoms with Crippen molar-refractivity contribution in [2.45, 2.75) is 4.90 Å². The molecular weight excluding hydrogens is 367 g/mol. The number of hydrogen-bond donors (Lipinski definition) is 0. The van der Waals surface area contributed by atoms with Crippen molar-refractivity contribution in [3.8, 4) is 6.07 Å². The Morgan fingerprint density at radius 2 is 1.87 bits per heavy atom. The molecule has 0 aliphatic rings. The summed E-state index contributed by atoms with van der Waals surface area (Å²) in [5.41, 5.74) is -0.372. The minimum atomic E-state index is -4.34.